The lowest BCUT2D eigenvalue weighted by atomic mass is 10.1. The van der Waals surface area contributed by atoms with E-state index in [1.54, 1.807) is 0 Å². The van der Waals surface area contributed by atoms with E-state index in [2.05, 4.69) is 33.9 Å². The number of nitrogens with zero attached hydrogens (tertiary/aromatic N) is 2. The molecule has 0 radical (unpaired) electrons. The maximum Gasteiger partial charge on any atom is 0.122 e. The van der Waals surface area contributed by atoms with Gasteiger partial charge in [-0.15, -0.1) is 0 Å². The van der Waals surface area contributed by atoms with Gasteiger partial charge in [-0.2, -0.15) is 0 Å². The van der Waals surface area contributed by atoms with Crippen LogP contribution in [-0.4, -0.2) is 16.1 Å². The quantitative estimate of drug-likeness (QED) is 0.787. The zero-order chi connectivity index (χ0) is 13.5. The predicted molar refractivity (Wildman–Crippen MR) is 79.4 cm³/mol. The van der Waals surface area contributed by atoms with Gasteiger partial charge in [-0.05, 0) is 37.1 Å². The van der Waals surface area contributed by atoms with Gasteiger partial charge in [0.25, 0.3) is 0 Å². The average molecular weight is 278 g/mol. The summed E-state index contributed by atoms with van der Waals surface area (Å²) < 4.78 is 2.20. The molecule has 0 aliphatic rings. The molecule has 2 rings (SSSR count). The van der Waals surface area contributed by atoms with E-state index in [0.717, 1.165) is 43.3 Å². The highest BCUT2D eigenvalue weighted by Gasteiger charge is 2.01. The van der Waals surface area contributed by atoms with Crippen LogP contribution >= 0.6 is 11.6 Å². The lowest BCUT2D eigenvalue weighted by Crippen LogP contribution is -2.19. The van der Waals surface area contributed by atoms with Crippen LogP contribution in [0.2, 0.25) is 5.02 Å². The summed E-state index contributed by atoms with van der Waals surface area (Å²) in [4.78, 5) is 4.37. The molecule has 3 nitrogen and oxygen atoms in total. The minimum absolute atomic E-state index is 0.790. The van der Waals surface area contributed by atoms with E-state index in [1.807, 2.05) is 24.5 Å². The first-order chi connectivity index (χ1) is 9.29. The topological polar surface area (TPSA) is 29.9 Å². The average Bonchev–Trinajstić information content (AvgIpc) is 2.85. The highest BCUT2D eigenvalue weighted by atomic mass is 35.5. The zero-order valence-electron chi connectivity index (χ0n) is 11.3. The van der Waals surface area contributed by atoms with E-state index in [-0.39, 0.29) is 0 Å². The van der Waals surface area contributed by atoms with Gasteiger partial charge in [0, 0.05) is 24.0 Å². The maximum absolute atomic E-state index is 5.86. The van der Waals surface area contributed by atoms with Gasteiger partial charge in [0.15, 0.2) is 0 Å². The minimum Gasteiger partial charge on any atom is -0.334 e. The first-order valence-corrected chi connectivity index (χ1v) is 7.12. The van der Waals surface area contributed by atoms with Crippen molar-refractivity contribution >= 4 is 11.6 Å². The summed E-state index contributed by atoms with van der Waals surface area (Å²) in [6.45, 7) is 4.98. The molecular formula is C15H20ClN3. The molecule has 0 unspecified atom stereocenters. The third-order valence-corrected chi connectivity index (χ3v) is 3.31. The Bertz CT molecular complexity index is 490. The Hall–Kier alpha value is -1.32. The lowest BCUT2D eigenvalue weighted by molar-refractivity contribution is 0.589. The lowest BCUT2D eigenvalue weighted by Gasteiger charge is -2.08. The van der Waals surface area contributed by atoms with Crippen LogP contribution in [0.3, 0.4) is 0 Å². The molecule has 0 saturated heterocycles. The Morgan fingerprint density at radius 1 is 1.26 bits per heavy atom. The highest BCUT2D eigenvalue weighted by Crippen LogP contribution is 2.09. The summed E-state index contributed by atoms with van der Waals surface area (Å²) in [5.74, 6) is 1.11. The molecule has 0 fully saturated rings. The molecule has 1 N–H and O–H groups in total. The molecule has 1 heterocycles. The third kappa shape index (κ3) is 4.37. The van der Waals surface area contributed by atoms with Crippen molar-refractivity contribution < 1.29 is 0 Å². The fourth-order valence-electron chi connectivity index (χ4n) is 2.04. The fraction of sp³-hybridized carbons (Fsp3) is 0.400. The van der Waals surface area contributed by atoms with Gasteiger partial charge in [0.05, 0.1) is 6.54 Å². The molecule has 1 aromatic heterocycles. The Morgan fingerprint density at radius 2 is 2.05 bits per heavy atom. The Kier molecular flexibility index (Phi) is 5.43. The molecule has 102 valence electrons. The zero-order valence-corrected chi connectivity index (χ0v) is 12.0. The SMILES string of the molecule is CCCn1ccnc1CNCCc1ccc(Cl)cc1. The van der Waals surface area contributed by atoms with Crippen molar-refractivity contribution in [2.45, 2.75) is 32.9 Å². The van der Waals surface area contributed by atoms with Crippen LogP contribution in [0.15, 0.2) is 36.7 Å². The van der Waals surface area contributed by atoms with Crippen LogP contribution in [0.25, 0.3) is 0 Å². The number of imidazole rings is 1. The van der Waals surface area contributed by atoms with Gasteiger partial charge >= 0.3 is 0 Å². The normalized spacial score (nSPS) is 10.8. The van der Waals surface area contributed by atoms with Crippen molar-refractivity contribution in [3.05, 3.63) is 53.1 Å². The number of hydrogen-bond donors (Lipinski definition) is 1. The van der Waals surface area contributed by atoms with Crippen LogP contribution in [0.5, 0.6) is 0 Å². The van der Waals surface area contributed by atoms with Crippen LogP contribution in [0, 0.1) is 0 Å². The van der Waals surface area contributed by atoms with Gasteiger partial charge in [-0.3, -0.25) is 0 Å². The largest absolute Gasteiger partial charge is 0.334 e. The molecule has 0 atom stereocenters. The number of hydrogen-bond acceptors (Lipinski definition) is 2. The molecule has 19 heavy (non-hydrogen) atoms. The molecule has 0 aliphatic heterocycles. The maximum atomic E-state index is 5.86. The summed E-state index contributed by atoms with van der Waals surface area (Å²) in [6, 6.07) is 8.01. The number of aryl methyl sites for hydroxylation is 1. The molecule has 0 bridgehead atoms. The molecule has 0 saturated carbocycles. The molecule has 0 spiro atoms. The third-order valence-electron chi connectivity index (χ3n) is 3.05. The van der Waals surface area contributed by atoms with Crippen LogP contribution in [0.1, 0.15) is 24.7 Å². The van der Waals surface area contributed by atoms with Crippen molar-refractivity contribution in [1.82, 2.24) is 14.9 Å². The summed E-state index contributed by atoms with van der Waals surface area (Å²) in [7, 11) is 0. The van der Waals surface area contributed by atoms with E-state index in [0.29, 0.717) is 0 Å². The Balaban J connectivity index is 1.74. The van der Waals surface area contributed by atoms with Crippen LogP contribution < -0.4 is 5.32 Å². The number of nitrogens with one attached hydrogen (secondary N) is 1. The van der Waals surface area contributed by atoms with Gasteiger partial charge in [-0.1, -0.05) is 30.7 Å². The van der Waals surface area contributed by atoms with Crippen molar-refractivity contribution in [1.29, 1.82) is 0 Å². The molecule has 4 heteroatoms. The van der Waals surface area contributed by atoms with Crippen molar-refractivity contribution in [3.63, 3.8) is 0 Å². The molecular weight excluding hydrogens is 258 g/mol. The summed E-state index contributed by atoms with van der Waals surface area (Å²) >= 11 is 5.86. The second-order valence-corrected chi connectivity index (χ2v) is 5.03. The monoisotopic (exact) mass is 277 g/mol. The highest BCUT2D eigenvalue weighted by molar-refractivity contribution is 6.30. The smallest absolute Gasteiger partial charge is 0.122 e. The molecule has 2 aromatic rings. The molecule has 0 amide bonds. The van der Waals surface area contributed by atoms with Crippen LogP contribution in [-0.2, 0) is 19.5 Å². The Morgan fingerprint density at radius 3 is 2.79 bits per heavy atom. The fourth-order valence-corrected chi connectivity index (χ4v) is 2.16. The van der Waals surface area contributed by atoms with Gasteiger partial charge < -0.3 is 9.88 Å². The second-order valence-electron chi connectivity index (χ2n) is 4.59. The van der Waals surface area contributed by atoms with Crippen molar-refractivity contribution in [2.75, 3.05) is 6.54 Å². The molecule has 0 aliphatic carbocycles. The summed E-state index contributed by atoms with van der Waals surface area (Å²) in [5, 5.41) is 4.22. The summed E-state index contributed by atoms with van der Waals surface area (Å²) in [5.41, 5.74) is 1.30. The first-order valence-electron chi connectivity index (χ1n) is 6.74. The number of halogens is 1. The van der Waals surface area contributed by atoms with Crippen molar-refractivity contribution in [2.24, 2.45) is 0 Å². The first kappa shape index (κ1) is 14.1. The van der Waals surface area contributed by atoms with Gasteiger partial charge in [-0.25, -0.2) is 4.98 Å². The second kappa shape index (κ2) is 7.31. The van der Waals surface area contributed by atoms with E-state index in [9.17, 15) is 0 Å². The van der Waals surface area contributed by atoms with Crippen molar-refractivity contribution in [3.8, 4) is 0 Å². The van der Waals surface area contributed by atoms with Gasteiger partial charge in [0.2, 0.25) is 0 Å². The molecule has 1 aromatic carbocycles. The van der Waals surface area contributed by atoms with E-state index in [1.165, 1.54) is 5.56 Å². The van der Waals surface area contributed by atoms with Gasteiger partial charge in [0.1, 0.15) is 5.82 Å². The van der Waals surface area contributed by atoms with E-state index < -0.39 is 0 Å². The predicted octanol–water partition coefficient (Wildman–Crippen LogP) is 3.28. The number of benzene rings is 1. The van der Waals surface area contributed by atoms with E-state index in [4.69, 9.17) is 11.6 Å². The Labute approximate surface area is 119 Å². The number of rotatable bonds is 7. The minimum atomic E-state index is 0.790. The van der Waals surface area contributed by atoms with Crippen LogP contribution in [0.4, 0.5) is 0 Å². The standard InChI is InChI=1S/C15H20ClN3/c1-2-10-19-11-9-18-15(19)12-17-8-7-13-3-5-14(16)6-4-13/h3-6,9,11,17H,2,7-8,10,12H2,1H3. The number of aromatic nitrogens is 2. The van der Waals surface area contributed by atoms with E-state index >= 15 is 0 Å². The summed E-state index contributed by atoms with van der Waals surface area (Å²) in [6.07, 6.45) is 6.05.